The van der Waals surface area contributed by atoms with Gasteiger partial charge in [0.2, 0.25) is 0 Å². The zero-order chi connectivity index (χ0) is 8.85. The molecule has 1 rings (SSSR count). The first-order valence-electron chi connectivity index (χ1n) is 4.66. The summed E-state index contributed by atoms with van der Waals surface area (Å²) in [5.41, 5.74) is 5.76. The molecule has 1 heterocycles. The van der Waals surface area contributed by atoms with Crippen molar-refractivity contribution in [3.63, 3.8) is 0 Å². The molecule has 0 aromatic heterocycles. The first-order chi connectivity index (χ1) is 5.20. The predicted molar refractivity (Wildman–Crippen MR) is 52.8 cm³/mol. The normalized spacial score (nSPS) is 32.5. The molecule has 2 unspecified atom stereocenters. The second-order valence-corrected chi connectivity index (χ2v) is 3.11. The highest BCUT2D eigenvalue weighted by atomic mass is 15.1. The highest BCUT2D eigenvalue weighted by molar-refractivity contribution is 4.78. The molecular weight excluding hydrogens is 136 g/mol. The van der Waals surface area contributed by atoms with Gasteiger partial charge in [-0.1, -0.05) is 13.8 Å². The summed E-state index contributed by atoms with van der Waals surface area (Å²) < 4.78 is 0. The summed E-state index contributed by atoms with van der Waals surface area (Å²) >= 11 is 0. The lowest BCUT2D eigenvalue weighted by molar-refractivity contribution is 0.184. The van der Waals surface area contributed by atoms with Crippen LogP contribution in [0.3, 0.4) is 0 Å². The zero-order valence-electron chi connectivity index (χ0n) is 8.30. The van der Waals surface area contributed by atoms with E-state index in [2.05, 4.69) is 18.9 Å². The first-order valence-corrected chi connectivity index (χ1v) is 4.66. The van der Waals surface area contributed by atoms with Crippen molar-refractivity contribution in [2.24, 2.45) is 5.73 Å². The van der Waals surface area contributed by atoms with Crippen LogP contribution in [0.5, 0.6) is 0 Å². The van der Waals surface area contributed by atoms with E-state index < -0.39 is 0 Å². The molecule has 1 saturated heterocycles. The van der Waals surface area contributed by atoms with Gasteiger partial charge in [-0.15, -0.1) is 0 Å². The zero-order valence-corrected chi connectivity index (χ0v) is 8.30. The molecule has 0 bridgehead atoms. The Morgan fingerprint density at radius 1 is 1.45 bits per heavy atom. The summed E-state index contributed by atoms with van der Waals surface area (Å²) in [7, 11) is 2.16. The highest BCUT2D eigenvalue weighted by Crippen LogP contribution is 2.12. The fraction of sp³-hybridized carbons (Fsp3) is 1.00. The quantitative estimate of drug-likeness (QED) is 0.584. The molecule has 2 nitrogen and oxygen atoms in total. The van der Waals surface area contributed by atoms with Crippen LogP contribution in [0.4, 0.5) is 0 Å². The molecule has 0 amide bonds. The Kier molecular flexibility index (Phi) is 5.51. The molecular formula is C9H24N2. The van der Waals surface area contributed by atoms with Crippen LogP contribution >= 0.6 is 0 Å². The van der Waals surface area contributed by atoms with E-state index in [4.69, 9.17) is 5.73 Å². The number of nitrogens with two attached hydrogens (primary N) is 1. The molecule has 0 aromatic carbocycles. The molecule has 0 radical (unpaired) electrons. The van der Waals surface area contributed by atoms with Crippen LogP contribution in [-0.2, 0) is 0 Å². The van der Waals surface area contributed by atoms with Gasteiger partial charge in [0.1, 0.15) is 0 Å². The largest absolute Gasteiger partial charge is 0.328 e. The Morgan fingerprint density at radius 2 is 2.00 bits per heavy atom. The molecule has 0 saturated carbocycles. The summed E-state index contributed by atoms with van der Waals surface area (Å²) in [6, 6.07) is 1.14. The lowest BCUT2D eigenvalue weighted by atomic mass is 10.0. The van der Waals surface area contributed by atoms with Crippen LogP contribution in [0, 0.1) is 0 Å². The van der Waals surface area contributed by atoms with Gasteiger partial charge in [0, 0.05) is 13.5 Å². The standard InChI is InChI=1S/C7H16N2.C2H6.H2/c1-6-5-7(8)3-4-9(6)2;1-2;/h6-7H,3-5,8H2,1-2H3;1-2H3;1H. The Hall–Kier alpha value is -0.0800. The van der Waals surface area contributed by atoms with Crippen molar-refractivity contribution in [2.45, 2.75) is 45.7 Å². The molecule has 2 atom stereocenters. The number of nitrogens with zero attached hydrogens (tertiary/aromatic N) is 1. The van der Waals surface area contributed by atoms with Crippen LogP contribution < -0.4 is 5.73 Å². The third-order valence-electron chi connectivity index (χ3n) is 2.25. The molecule has 1 aliphatic rings. The Morgan fingerprint density at radius 3 is 2.36 bits per heavy atom. The van der Waals surface area contributed by atoms with E-state index in [0.717, 1.165) is 6.42 Å². The summed E-state index contributed by atoms with van der Waals surface area (Å²) in [5.74, 6) is 0. The maximum Gasteiger partial charge on any atom is 0.00786 e. The van der Waals surface area contributed by atoms with Gasteiger partial charge in [0.05, 0.1) is 0 Å². The SMILES string of the molecule is CC.CC1CC(N)CCN1C.[HH]. The van der Waals surface area contributed by atoms with E-state index in [1.54, 1.807) is 0 Å². The van der Waals surface area contributed by atoms with E-state index in [1.807, 2.05) is 13.8 Å². The van der Waals surface area contributed by atoms with Gasteiger partial charge < -0.3 is 10.6 Å². The van der Waals surface area contributed by atoms with Crippen molar-refractivity contribution >= 4 is 0 Å². The first kappa shape index (κ1) is 10.9. The van der Waals surface area contributed by atoms with Gasteiger partial charge in [0.25, 0.3) is 0 Å². The summed E-state index contributed by atoms with van der Waals surface area (Å²) in [6.07, 6.45) is 2.33. The molecule has 0 spiro atoms. The number of hydrogen-bond acceptors (Lipinski definition) is 2. The Bertz CT molecular complexity index is 98.5. The average Bonchev–Trinajstić information content (AvgIpc) is 2.02. The third kappa shape index (κ3) is 3.73. The summed E-state index contributed by atoms with van der Waals surface area (Å²) in [6.45, 7) is 7.40. The van der Waals surface area contributed by atoms with Crippen LogP contribution in [0.1, 0.15) is 35.0 Å². The van der Waals surface area contributed by atoms with Gasteiger partial charge >= 0.3 is 0 Å². The molecule has 1 aliphatic heterocycles. The van der Waals surface area contributed by atoms with E-state index in [9.17, 15) is 0 Å². The maximum absolute atomic E-state index is 5.76. The van der Waals surface area contributed by atoms with Crippen LogP contribution in [0.2, 0.25) is 0 Å². The third-order valence-corrected chi connectivity index (χ3v) is 2.25. The Labute approximate surface area is 72.2 Å². The van der Waals surface area contributed by atoms with Crippen molar-refractivity contribution < 1.29 is 1.43 Å². The number of piperidine rings is 1. The molecule has 2 N–H and O–H groups in total. The van der Waals surface area contributed by atoms with Crippen LogP contribution in [-0.4, -0.2) is 30.6 Å². The monoisotopic (exact) mass is 160 g/mol. The molecule has 0 aromatic rings. The maximum atomic E-state index is 5.76. The topological polar surface area (TPSA) is 29.3 Å². The van der Waals surface area contributed by atoms with Gasteiger partial charge in [-0.3, -0.25) is 0 Å². The summed E-state index contributed by atoms with van der Waals surface area (Å²) in [4.78, 5) is 2.36. The second-order valence-electron chi connectivity index (χ2n) is 3.11. The van der Waals surface area contributed by atoms with Crippen molar-refractivity contribution in [2.75, 3.05) is 13.6 Å². The average molecular weight is 160 g/mol. The minimum Gasteiger partial charge on any atom is -0.328 e. The predicted octanol–water partition coefficient (Wildman–Crippen LogP) is 1.70. The Balaban J connectivity index is 0. The van der Waals surface area contributed by atoms with Crippen molar-refractivity contribution in [3.05, 3.63) is 0 Å². The van der Waals surface area contributed by atoms with Gasteiger partial charge in [0.15, 0.2) is 0 Å². The smallest absolute Gasteiger partial charge is 0.00786 e. The lowest BCUT2D eigenvalue weighted by Gasteiger charge is -2.33. The second kappa shape index (κ2) is 5.56. The van der Waals surface area contributed by atoms with Gasteiger partial charge in [-0.2, -0.15) is 0 Å². The minimum atomic E-state index is 0. The molecule has 0 aliphatic carbocycles. The molecule has 1 fully saturated rings. The van der Waals surface area contributed by atoms with Crippen LogP contribution in [0.15, 0.2) is 0 Å². The van der Waals surface area contributed by atoms with E-state index in [1.165, 1.54) is 13.0 Å². The fourth-order valence-corrected chi connectivity index (χ4v) is 1.33. The number of hydrogen-bond donors (Lipinski definition) is 1. The number of likely N-dealkylation sites (tertiary alicyclic amines) is 1. The fourth-order valence-electron chi connectivity index (χ4n) is 1.33. The number of rotatable bonds is 0. The van der Waals surface area contributed by atoms with Gasteiger partial charge in [-0.25, -0.2) is 0 Å². The van der Waals surface area contributed by atoms with Crippen LogP contribution in [0.25, 0.3) is 0 Å². The highest BCUT2D eigenvalue weighted by Gasteiger charge is 2.18. The van der Waals surface area contributed by atoms with E-state index in [-0.39, 0.29) is 1.43 Å². The van der Waals surface area contributed by atoms with Crippen molar-refractivity contribution in [1.82, 2.24) is 4.90 Å². The minimum absolute atomic E-state index is 0. The summed E-state index contributed by atoms with van der Waals surface area (Å²) in [5, 5.41) is 0. The molecule has 70 valence electrons. The van der Waals surface area contributed by atoms with Crippen molar-refractivity contribution in [1.29, 1.82) is 0 Å². The lowest BCUT2D eigenvalue weighted by Crippen LogP contribution is -2.43. The molecule has 2 heteroatoms. The molecule has 11 heavy (non-hydrogen) atoms. The van der Waals surface area contributed by atoms with Crippen molar-refractivity contribution in [3.8, 4) is 0 Å². The van der Waals surface area contributed by atoms with Gasteiger partial charge in [-0.05, 0) is 33.4 Å². The van der Waals surface area contributed by atoms with E-state index in [0.29, 0.717) is 12.1 Å². The van der Waals surface area contributed by atoms with E-state index >= 15 is 0 Å².